The summed E-state index contributed by atoms with van der Waals surface area (Å²) in [6.45, 7) is 0.103. The molecule has 2 spiro atoms. The van der Waals surface area contributed by atoms with Crippen molar-refractivity contribution in [3.63, 3.8) is 0 Å². The summed E-state index contributed by atoms with van der Waals surface area (Å²) < 4.78 is 0. The summed E-state index contributed by atoms with van der Waals surface area (Å²) in [4.78, 5) is 5.36. The summed E-state index contributed by atoms with van der Waals surface area (Å²) in [7, 11) is 0. The smallest absolute Gasteiger partial charge is 0.252 e. The fourth-order valence-corrected chi connectivity index (χ4v) is 15.9. The Hall–Kier alpha value is -5.80. The van der Waals surface area contributed by atoms with Crippen LogP contribution in [0, 0.1) is 23.7 Å². The average molecular weight is 757 g/mol. The van der Waals surface area contributed by atoms with Crippen LogP contribution in [0.5, 0.6) is 0 Å². The number of anilines is 6. The molecule has 0 unspecified atom stereocenters. The first-order valence-electron chi connectivity index (χ1n) is 22.7. The highest BCUT2D eigenvalue weighted by Crippen LogP contribution is 2.71. The van der Waals surface area contributed by atoms with Gasteiger partial charge in [0, 0.05) is 39.3 Å². The van der Waals surface area contributed by atoms with Crippen LogP contribution in [0.4, 0.5) is 34.1 Å². The van der Waals surface area contributed by atoms with E-state index in [2.05, 4.69) is 161 Å². The van der Waals surface area contributed by atoms with E-state index in [0.717, 1.165) is 11.8 Å². The molecular formula is C56H45BN2. The lowest BCUT2D eigenvalue weighted by molar-refractivity contribution is 0.400. The van der Waals surface area contributed by atoms with Crippen LogP contribution in [0.3, 0.4) is 0 Å². The van der Waals surface area contributed by atoms with E-state index in [4.69, 9.17) is 0 Å². The lowest BCUT2D eigenvalue weighted by Gasteiger charge is -2.46. The van der Waals surface area contributed by atoms with Crippen LogP contribution in [0.25, 0.3) is 22.3 Å². The van der Waals surface area contributed by atoms with E-state index in [1.54, 1.807) is 27.8 Å². The molecular weight excluding hydrogens is 711 g/mol. The molecule has 4 fully saturated rings. The first kappa shape index (κ1) is 32.1. The minimum absolute atomic E-state index is 0.0630. The van der Waals surface area contributed by atoms with Crippen molar-refractivity contribution in [1.29, 1.82) is 0 Å². The number of hydrogen-bond donors (Lipinski definition) is 0. The Balaban J connectivity index is 1.09. The van der Waals surface area contributed by atoms with Gasteiger partial charge in [-0.1, -0.05) is 109 Å². The van der Waals surface area contributed by atoms with Gasteiger partial charge in [0.25, 0.3) is 6.71 Å². The van der Waals surface area contributed by atoms with Crippen molar-refractivity contribution in [2.75, 3.05) is 9.80 Å². The van der Waals surface area contributed by atoms with Crippen molar-refractivity contribution in [3.8, 4) is 22.3 Å². The molecule has 4 saturated carbocycles. The van der Waals surface area contributed by atoms with Crippen LogP contribution in [-0.4, -0.2) is 6.71 Å². The van der Waals surface area contributed by atoms with Crippen LogP contribution >= 0.6 is 0 Å². The lowest BCUT2D eigenvalue weighted by Crippen LogP contribution is -2.62. The van der Waals surface area contributed by atoms with Crippen molar-refractivity contribution in [2.24, 2.45) is 23.7 Å². The number of nitrogens with zero attached hydrogens (tertiary/aromatic N) is 2. The number of fused-ring (bicyclic) bond motifs is 11. The molecule has 6 aliphatic carbocycles. The molecule has 0 N–H and O–H groups in total. The fourth-order valence-electron chi connectivity index (χ4n) is 15.9. The monoisotopic (exact) mass is 756 g/mol. The maximum Gasteiger partial charge on any atom is 0.252 e. The van der Waals surface area contributed by atoms with Crippen LogP contribution in [-0.2, 0) is 10.8 Å². The van der Waals surface area contributed by atoms with Crippen molar-refractivity contribution < 1.29 is 0 Å². The van der Waals surface area contributed by atoms with E-state index in [1.807, 2.05) is 0 Å². The van der Waals surface area contributed by atoms with Crippen molar-refractivity contribution in [2.45, 2.75) is 62.2 Å². The highest BCUT2D eigenvalue weighted by atomic mass is 15.2. The summed E-state index contributed by atoms with van der Waals surface area (Å²) >= 11 is 0. The molecule has 0 amide bonds. The van der Waals surface area contributed by atoms with Gasteiger partial charge in [-0.3, -0.25) is 0 Å². The maximum absolute atomic E-state index is 2.79. The molecule has 4 bridgehead atoms. The molecule has 8 aliphatic rings. The van der Waals surface area contributed by atoms with Crippen LogP contribution < -0.4 is 26.2 Å². The molecule has 282 valence electrons. The molecule has 2 nitrogen and oxygen atoms in total. The van der Waals surface area contributed by atoms with Gasteiger partial charge in [0.05, 0.1) is 5.69 Å². The van der Waals surface area contributed by atoms with E-state index in [9.17, 15) is 0 Å². The Morgan fingerprint density at radius 2 is 0.898 bits per heavy atom. The molecule has 0 aromatic heterocycles. The Kier molecular flexibility index (Phi) is 6.02. The Morgan fingerprint density at radius 3 is 1.64 bits per heavy atom. The summed E-state index contributed by atoms with van der Waals surface area (Å²) in [5.74, 6) is 2.80. The zero-order chi connectivity index (χ0) is 38.2. The van der Waals surface area contributed by atoms with Gasteiger partial charge in [-0.2, -0.15) is 0 Å². The number of hydrogen-bond acceptors (Lipinski definition) is 2. The summed E-state index contributed by atoms with van der Waals surface area (Å²) in [6.07, 6.45) is 10.8. The van der Waals surface area contributed by atoms with Gasteiger partial charge in [-0.25, -0.2) is 0 Å². The maximum atomic E-state index is 2.79. The van der Waals surface area contributed by atoms with Gasteiger partial charge in [-0.05, 0) is 178 Å². The quantitative estimate of drug-likeness (QED) is 0.162. The summed E-state index contributed by atoms with van der Waals surface area (Å²) in [5, 5.41) is 0. The van der Waals surface area contributed by atoms with Crippen LogP contribution in [0.2, 0.25) is 0 Å². The van der Waals surface area contributed by atoms with Gasteiger partial charge in [-0.15, -0.1) is 0 Å². The minimum atomic E-state index is 0.0630. The predicted octanol–water partition coefficient (Wildman–Crippen LogP) is 11.9. The van der Waals surface area contributed by atoms with E-state index < -0.39 is 0 Å². The third-order valence-corrected chi connectivity index (χ3v) is 17.6. The van der Waals surface area contributed by atoms with Crippen LogP contribution in [0.1, 0.15) is 73.6 Å². The van der Waals surface area contributed by atoms with Gasteiger partial charge in [0.15, 0.2) is 0 Å². The molecule has 0 atom stereocenters. The molecule has 59 heavy (non-hydrogen) atoms. The Morgan fingerprint density at radius 1 is 0.373 bits per heavy atom. The summed E-state index contributed by atoms with van der Waals surface area (Å²) in [6, 6.07) is 59.5. The highest BCUT2D eigenvalue weighted by molar-refractivity contribution is 7.01. The second kappa shape index (κ2) is 11.1. The van der Waals surface area contributed by atoms with Gasteiger partial charge < -0.3 is 9.80 Å². The Labute approximate surface area is 347 Å². The number of para-hydroxylation sites is 2. The van der Waals surface area contributed by atoms with E-state index >= 15 is 0 Å². The molecule has 3 heteroatoms. The van der Waals surface area contributed by atoms with E-state index in [-0.39, 0.29) is 17.5 Å². The molecule has 7 aromatic rings. The van der Waals surface area contributed by atoms with E-state index in [0.29, 0.717) is 11.8 Å². The second-order valence-electron chi connectivity index (χ2n) is 19.3. The molecule has 0 saturated heterocycles. The first-order chi connectivity index (χ1) is 29.3. The topological polar surface area (TPSA) is 6.48 Å². The molecule has 2 aliphatic heterocycles. The number of rotatable bonds is 2. The van der Waals surface area contributed by atoms with Crippen molar-refractivity contribution in [3.05, 3.63) is 174 Å². The molecule has 7 aromatic carbocycles. The normalized spacial score (nSPS) is 27.5. The van der Waals surface area contributed by atoms with Crippen LogP contribution in [0.15, 0.2) is 152 Å². The molecule has 2 heterocycles. The summed E-state index contributed by atoms with van der Waals surface area (Å²) in [5.41, 5.74) is 24.9. The fraction of sp³-hybridized carbons (Fsp3) is 0.250. The standard InChI is InChI=1S/C56H45BN2/c1-2-12-38(13-3-1)58-46-20-9-8-19-45(46)57-53-48(58)22-11-23-49(53)59(47-21-10-16-40-39-14-4-6-17-42(39)56(52(40)47)36-28-29-37(56)31-30-36)50-33-32-44-51(54(50)57)41-15-5-7-18-43(41)55(44)34-24-25-35(55)27-26-34/h1-23,32-37H,24-31H2. The lowest BCUT2D eigenvalue weighted by atomic mass is 9.32. The second-order valence-corrected chi connectivity index (χ2v) is 19.3. The van der Waals surface area contributed by atoms with Crippen molar-refractivity contribution >= 4 is 57.2 Å². The third-order valence-electron chi connectivity index (χ3n) is 17.6. The minimum Gasteiger partial charge on any atom is -0.311 e. The zero-order valence-corrected chi connectivity index (χ0v) is 33.4. The van der Waals surface area contributed by atoms with Crippen molar-refractivity contribution in [1.82, 2.24) is 0 Å². The van der Waals surface area contributed by atoms with Gasteiger partial charge in [0.1, 0.15) is 0 Å². The first-order valence-corrected chi connectivity index (χ1v) is 22.7. The Bertz CT molecular complexity index is 2940. The highest BCUT2D eigenvalue weighted by Gasteiger charge is 2.63. The largest absolute Gasteiger partial charge is 0.311 e. The predicted molar refractivity (Wildman–Crippen MR) is 244 cm³/mol. The molecule has 0 radical (unpaired) electrons. The third kappa shape index (κ3) is 3.56. The average Bonchev–Trinajstić information content (AvgIpc) is 4.15. The van der Waals surface area contributed by atoms with Gasteiger partial charge in [0.2, 0.25) is 0 Å². The molecule has 15 rings (SSSR count). The number of benzene rings is 7. The van der Waals surface area contributed by atoms with E-state index in [1.165, 1.54) is 119 Å². The SMILES string of the molecule is c1ccc(N2c3ccccc3B3c4c2cccc4N(c2cccc4c2C2(c5ccccc5-4)C4CCC2CC4)c2ccc4c(c23)-c2ccccc2C42C3CCC2CC3)cc1. The van der Waals surface area contributed by atoms with Gasteiger partial charge >= 0.3 is 0 Å². The zero-order valence-electron chi connectivity index (χ0n) is 33.4.